The lowest BCUT2D eigenvalue weighted by molar-refractivity contribution is -0.137. The summed E-state index contributed by atoms with van der Waals surface area (Å²) in [6.45, 7) is 1.53. The summed E-state index contributed by atoms with van der Waals surface area (Å²) in [4.78, 5) is 8.90. The van der Waals surface area contributed by atoms with Crippen molar-refractivity contribution in [1.82, 2.24) is 9.97 Å². The predicted octanol–water partition coefficient (Wildman–Crippen LogP) is 3.05. The van der Waals surface area contributed by atoms with E-state index in [0.717, 1.165) is 43.9 Å². The number of nitrogen functional groups attached to an aromatic ring is 1. The van der Waals surface area contributed by atoms with Gasteiger partial charge in [-0.05, 0) is 25.0 Å². The highest BCUT2D eigenvalue weighted by Crippen LogP contribution is 2.38. The molecule has 5 nitrogen and oxygen atoms in total. The van der Waals surface area contributed by atoms with Crippen molar-refractivity contribution < 1.29 is 17.9 Å². The van der Waals surface area contributed by atoms with Crippen molar-refractivity contribution in [2.45, 2.75) is 31.2 Å². The van der Waals surface area contributed by atoms with Crippen LogP contribution < -0.4 is 10.6 Å². The van der Waals surface area contributed by atoms with Gasteiger partial charge in [-0.2, -0.15) is 13.2 Å². The smallest absolute Gasteiger partial charge is 0.384 e. The molecule has 2 saturated heterocycles. The number of morpholine rings is 1. The summed E-state index contributed by atoms with van der Waals surface area (Å²) in [5.74, 6) is -0.150. The molecule has 0 amide bonds. The summed E-state index contributed by atoms with van der Waals surface area (Å²) >= 11 is 0. The zero-order valence-electron chi connectivity index (χ0n) is 12.8. The number of ether oxygens (including phenoxy) is 1. The number of rotatable bonds is 2. The van der Waals surface area contributed by atoms with Crippen molar-refractivity contribution in [3.05, 3.63) is 30.1 Å². The number of fused-ring (bicyclic) bond motifs is 2. The molecule has 128 valence electrons. The van der Waals surface area contributed by atoms with Gasteiger partial charge in [0.15, 0.2) is 0 Å². The molecule has 2 aromatic rings. The van der Waals surface area contributed by atoms with Gasteiger partial charge in [0.05, 0.1) is 23.5 Å². The van der Waals surface area contributed by atoms with Gasteiger partial charge in [-0.25, -0.2) is 4.98 Å². The molecule has 2 aliphatic rings. The van der Waals surface area contributed by atoms with Crippen LogP contribution in [-0.4, -0.2) is 35.3 Å². The Morgan fingerprint density at radius 2 is 1.92 bits per heavy atom. The summed E-state index contributed by atoms with van der Waals surface area (Å²) in [5.41, 5.74) is 5.88. The Bertz CT molecular complexity index is 746. The zero-order chi connectivity index (χ0) is 16.9. The van der Waals surface area contributed by atoms with E-state index in [0.29, 0.717) is 5.69 Å². The first-order valence-electron chi connectivity index (χ1n) is 7.82. The lowest BCUT2D eigenvalue weighted by atomic mass is 10.1. The van der Waals surface area contributed by atoms with Crippen LogP contribution in [0.5, 0.6) is 0 Å². The van der Waals surface area contributed by atoms with E-state index in [2.05, 4.69) is 14.9 Å². The van der Waals surface area contributed by atoms with Gasteiger partial charge in [-0.3, -0.25) is 0 Å². The summed E-state index contributed by atoms with van der Waals surface area (Å²) in [6.07, 6.45) is 0.914. The minimum atomic E-state index is -4.49. The summed E-state index contributed by atoms with van der Waals surface area (Å²) < 4.78 is 45.6. The normalized spacial score (nSPS) is 23.7. The summed E-state index contributed by atoms with van der Waals surface area (Å²) in [6, 6.07) is 2.60. The third-order valence-corrected chi connectivity index (χ3v) is 4.60. The van der Waals surface area contributed by atoms with Crippen molar-refractivity contribution in [3.8, 4) is 11.3 Å². The van der Waals surface area contributed by atoms with Crippen LogP contribution in [0, 0.1) is 0 Å². The van der Waals surface area contributed by atoms with E-state index in [1.54, 1.807) is 12.3 Å². The molecule has 2 aromatic heterocycles. The number of hydrogen-bond donors (Lipinski definition) is 2. The molecule has 2 unspecified atom stereocenters. The van der Waals surface area contributed by atoms with Crippen LogP contribution in [0.25, 0.3) is 11.3 Å². The molecule has 4 heterocycles. The van der Waals surface area contributed by atoms with Crippen LogP contribution in [0.4, 0.5) is 24.7 Å². The summed E-state index contributed by atoms with van der Waals surface area (Å²) in [5, 5.41) is 0. The average molecular weight is 338 g/mol. The van der Waals surface area contributed by atoms with E-state index in [4.69, 9.17) is 10.5 Å². The third-order valence-electron chi connectivity index (χ3n) is 4.60. The molecule has 0 aromatic carbocycles. The Morgan fingerprint density at radius 1 is 1.21 bits per heavy atom. The first-order chi connectivity index (χ1) is 11.4. The maximum absolute atomic E-state index is 13.3. The minimum Gasteiger partial charge on any atom is -0.384 e. The lowest BCUT2D eigenvalue weighted by Gasteiger charge is -2.33. The molecule has 2 bridgehead atoms. The topological polar surface area (TPSA) is 67.2 Å². The molecule has 4 rings (SSSR count). The van der Waals surface area contributed by atoms with Crippen molar-refractivity contribution in [2.75, 3.05) is 23.7 Å². The van der Waals surface area contributed by atoms with Crippen molar-refractivity contribution >= 4 is 11.5 Å². The molecule has 0 saturated carbocycles. The largest absolute Gasteiger partial charge is 0.417 e. The number of H-pyrrole nitrogens is 1. The number of anilines is 2. The lowest BCUT2D eigenvalue weighted by Crippen LogP contribution is -2.42. The maximum atomic E-state index is 13.3. The molecule has 3 N–H and O–H groups in total. The molecule has 0 radical (unpaired) electrons. The van der Waals surface area contributed by atoms with Gasteiger partial charge in [-0.1, -0.05) is 0 Å². The number of nitrogens with zero attached hydrogens (tertiary/aromatic N) is 2. The fraction of sp³-hybridized carbons (Fsp3) is 0.438. The molecule has 2 atom stereocenters. The summed E-state index contributed by atoms with van der Waals surface area (Å²) in [7, 11) is 0. The van der Waals surface area contributed by atoms with Crippen molar-refractivity contribution in [3.63, 3.8) is 0 Å². The fourth-order valence-electron chi connectivity index (χ4n) is 3.47. The van der Waals surface area contributed by atoms with Gasteiger partial charge >= 0.3 is 6.18 Å². The molecular formula is C16H17F3N4O. The van der Waals surface area contributed by atoms with Gasteiger partial charge < -0.3 is 20.4 Å². The standard InChI is InChI=1S/C16H17F3N4O/c17-16(18,19)13-4-15(20)22-6-12(13)14-3-9(5-21-14)23-7-10-1-2-11(8-23)24-10/h3-6,10-11,21H,1-2,7-8H2,(H2,20,22). The van der Waals surface area contributed by atoms with Crippen molar-refractivity contribution in [2.24, 2.45) is 0 Å². The average Bonchev–Trinajstić information content (AvgIpc) is 3.13. The van der Waals surface area contributed by atoms with Crippen LogP contribution in [0.1, 0.15) is 18.4 Å². The zero-order valence-corrected chi connectivity index (χ0v) is 12.8. The van der Waals surface area contributed by atoms with Crippen LogP contribution in [0.2, 0.25) is 0 Å². The number of alkyl halides is 3. The van der Waals surface area contributed by atoms with Crippen LogP contribution in [0.3, 0.4) is 0 Å². The van der Waals surface area contributed by atoms with E-state index < -0.39 is 11.7 Å². The van der Waals surface area contributed by atoms with Crippen molar-refractivity contribution in [1.29, 1.82) is 0 Å². The fourth-order valence-corrected chi connectivity index (χ4v) is 3.47. The Labute approximate surface area is 136 Å². The third kappa shape index (κ3) is 2.71. The maximum Gasteiger partial charge on any atom is 0.417 e. The van der Waals surface area contributed by atoms with Crippen LogP contribution in [0.15, 0.2) is 24.5 Å². The Kier molecular flexibility index (Phi) is 3.45. The molecule has 2 aliphatic heterocycles. The van der Waals surface area contributed by atoms with Gasteiger partial charge in [0.2, 0.25) is 0 Å². The van der Waals surface area contributed by atoms with E-state index in [-0.39, 0.29) is 23.6 Å². The van der Waals surface area contributed by atoms with Gasteiger partial charge in [0.1, 0.15) is 5.82 Å². The van der Waals surface area contributed by atoms with Crippen LogP contribution in [-0.2, 0) is 10.9 Å². The highest BCUT2D eigenvalue weighted by molar-refractivity contribution is 5.70. The number of pyridine rings is 1. The second kappa shape index (κ2) is 5.41. The highest BCUT2D eigenvalue weighted by atomic mass is 19.4. The second-order valence-corrected chi connectivity index (χ2v) is 6.29. The predicted molar refractivity (Wildman–Crippen MR) is 83.5 cm³/mol. The number of aromatic nitrogens is 2. The molecular weight excluding hydrogens is 321 g/mol. The quantitative estimate of drug-likeness (QED) is 0.883. The second-order valence-electron chi connectivity index (χ2n) is 6.29. The Morgan fingerprint density at radius 3 is 2.58 bits per heavy atom. The Hall–Kier alpha value is -2.22. The molecule has 8 heteroatoms. The van der Waals surface area contributed by atoms with Gasteiger partial charge in [-0.15, -0.1) is 0 Å². The van der Waals surface area contributed by atoms with E-state index in [9.17, 15) is 13.2 Å². The molecule has 2 fully saturated rings. The number of nitrogens with two attached hydrogens (primary N) is 1. The number of aromatic amines is 1. The Balaban J connectivity index is 1.66. The molecule has 24 heavy (non-hydrogen) atoms. The van der Waals surface area contributed by atoms with E-state index in [1.165, 1.54) is 0 Å². The van der Waals surface area contributed by atoms with E-state index >= 15 is 0 Å². The highest BCUT2D eigenvalue weighted by Gasteiger charge is 2.36. The SMILES string of the molecule is Nc1cc(C(F)(F)F)c(-c2cc(N3CC4CCC(C3)O4)c[nH]2)cn1. The van der Waals surface area contributed by atoms with Gasteiger partial charge in [0, 0.05) is 36.7 Å². The number of halogens is 3. The number of nitrogens with one attached hydrogen (secondary N) is 1. The minimum absolute atomic E-state index is 0.000758. The first kappa shape index (κ1) is 15.3. The van der Waals surface area contributed by atoms with Crippen LogP contribution >= 0.6 is 0 Å². The van der Waals surface area contributed by atoms with Gasteiger partial charge in [0.25, 0.3) is 0 Å². The first-order valence-corrected chi connectivity index (χ1v) is 7.82. The monoisotopic (exact) mass is 338 g/mol. The van der Waals surface area contributed by atoms with E-state index in [1.807, 2.05) is 0 Å². The number of hydrogen-bond acceptors (Lipinski definition) is 4. The molecule has 0 spiro atoms. The molecule has 0 aliphatic carbocycles.